The number of hydrogen-bond donors (Lipinski definition) is 0. The smallest absolute Gasteiger partial charge is 0.0635 e. The quantitative estimate of drug-likeness (QED) is 0.168. The van der Waals surface area contributed by atoms with Crippen LogP contribution in [-0.4, -0.2) is 9.13 Å². The Hall–Kier alpha value is -7.36. The summed E-state index contributed by atoms with van der Waals surface area (Å²) in [6, 6.07) is 74.8. The number of fused-ring (bicyclic) bond motifs is 7. The van der Waals surface area contributed by atoms with Crippen molar-refractivity contribution < 1.29 is 0 Å². The molecule has 0 saturated heterocycles. The summed E-state index contributed by atoms with van der Waals surface area (Å²) < 4.78 is 4.75. The Morgan fingerprint density at radius 2 is 0.891 bits per heavy atom. The fraction of sp³-hybridized carbons (Fsp3) is 0. The minimum atomic E-state index is 1.10. The van der Waals surface area contributed by atoms with Crippen molar-refractivity contribution in [3.8, 4) is 22.5 Å². The van der Waals surface area contributed by atoms with Crippen molar-refractivity contribution in [2.75, 3.05) is 4.90 Å². The summed E-state index contributed by atoms with van der Waals surface area (Å²) in [5.41, 5.74) is 11.6. The highest BCUT2D eigenvalue weighted by atomic mass is 15.1. The molecule has 0 aliphatic rings. The molecule has 258 valence electrons. The lowest BCUT2D eigenvalue weighted by Crippen LogP contribution is -2.10. The van der Waals surface area contributed by atoms with Crippen LogP contribution in [0.5, 0.6) is 0 Å². The van der Waals surface area contributed by atoms with E-state index < -0.39 is 0 Å². The SMILES string of the molecule is c1ccc(-c2ccc(-n3ccc4c3ccc3c5ccccc5n(-c5ccc(N(c6ccc7ccccc7c6)c6ccc7ccccc7c6)cc5)c34)cc2)cc1. The van der Waals surface area contributed by atoms with Gasteiger partial charge in [0.25, 0.3) is 0 Å². The van der Waals surface area contributed by atoms with E-state index in [9.17, 15) is 0 Å². The Balaban J connectivity index is 1.05. The molecular weight excluding hydrogens is 667 g/mol. The number of para-hydroxylation sites is 1. The van der Waals surface area contributed by atoms with Gasteiger partial charge in [0, 0.05) is 50.8 Å². The number of nitrogens with zero attached hydrogens (tertiary/aromatic N) is 3. The highest BCUT2D eigenvalue weighted by Crippen LogP contribution is 2.41. The summed E-state index contributed by atoms with van der Waals surface area (Å²) in [4.78, 5) is 2.37. The fourth-order valence-electron chi connectivity index (χ4n) is 8.44. The van der Waals surface area contributed by atoms with Crippen LogP contribution in [0.25, 0.3) is 76.8 Å². The lowest BCUT2D eigenvalue weighted by molar-refractivity contribution is 1.13. The molecule has 0 fully saturated rings. The average molecular weight is 702 g/mol. The van der Waals surface area contributed by atoms with Crippen molar-refractivity contribution in [1.29, 1.82) is 0 Å². The molecule has 0 unspecified atom stereocenters. The first-order valence-electron chi connectivity index (χ1n) is 18.8. The molecule has 0 aliphatic carbocycles. The summed E-state index contributed by atoms with van der Waals surface area (Å²) in [5, 5.41) is 8.62. The van der Waals surface area contributed by atoms with Gasteiger partial charge in [-0.05, 0) is 112 Å². The van der Waals surface area contributed by atoms with Gasteiger partial charge in [-0.25, -0.2) is 0 Å². The van der Waals surface area contributed by atoms with E-state index in [1.165, 1.54) is 65.4 Å². The van der Waals surface area contributed by atoms with Gasteiger partial charge in [-0.3, -0.25) is 0 Å². The predicted molar refractivity (Wildman–Crippen MR) is 233 cm³/mol. The van der Waals surface area contributed by atoms with Crippen LogP contribution in [0.1, 0.15) is 0 Å². The lowest BCUT2D eigenvalue weighted by atomic mass is 10.1. The second-order valence-corrected chi connectivity index (χ2v) is 14.3. The lowest BCUT2D eigenvalue weighted by Gasteiger charge is -2.26. The van der Waals surface area contributed by atoms with E-state index in [2.05, 4.69) is 226 Å². The van der Waals surface area contributed by atoms with Crippen LogP contribution in [0, 0.1) is 0 Å². The Morgan fingerprint density at radius 1 is 0.327 bits per heavy atom. The minimum absolute atomic E-state index is 1.10. The Bertz CT molecular complexity index is 3110. The van der Waals surface area contributed by atoms with E-state index in [0.29, 0.717) is 0 Å². The minimum Gasteiger partial charge on any atom is -0.316 e. The predicted octanol–water partition coefficient (Wildman–Crippen LogP) is 14.2. The maximum atomic E-state index is 2.44. The molecule has 0 atom stereocenters. The van der Waals surface area contributed by atoms with Crippen molar-refractivity contribution in [3.05, 3.63) is 212 Å². The molecule has 0 bridgehead atoms. The van der Waals surface area contributed by atoms with Crippen LogP contribution in [0.2, 0.25) is 0 Å². The molecule has 0 saturated carbocycles. The zero-order valence-electron chi connectivity index (χ0n) is 30.0. The third kappa shape index (κ3) is 5.20. The van der Waals surface area contributed by atoms with E-state index in [1.54, 1.807) is 0 Å². The van der Waals surface area contributed by atoms with Gasteiger partial charge in [-0.2, -0.15) is 0 Å². The van der Waals surface area contributed by atoms with Crippen LogP contribution in [-0.2, 0) is 0 Å². The Morgan fingerprint density at radius 3 is 1.58 bits per heavy atom. The first-order valence-corrected chi connectivity index (χ1v) is 18.8. The molecule has 0 spiro atoms. The van der Waals surface area contributed by atoms with Gasteiger partial charge >= 0.3 is 0 Å². The second-order valence-electron chi connectivity index (χ2n) is 14.3. The van der Waals surface area contributed by atoms with E-state index >= 15 is 0 Å². The van der Waals surface area contributed by atoms with Gasteiger partial charge in [0.15, 0.2) is 0 Å². The molecule has 0 N–H and O–H groups in total. The van der Waals surface area contributed by atoms with Crippen molar-refractivity contribution >= 4 is 71.3 Å². The van der Waals surface area contributed by atoms with Gasteiger partial charge in [0.2, 0.25) is 0 Å². The molecule has 0 radical (unpaired) electrons. The number of aromatic nitrogens is 2. The molecule has 11 aromatic rings. The summed E-state index contributed by atoms with van der Waals surface area (Å²) in [7, 11) is 0. The standard InChI is InChI=1S/C52H35N3/c1-2-10-36(11-3-1)39-18-22-42(23-19-39)53-33-32-49-50(53)31-30-48-47-16-8-9-17-51(47)55(52(48)49)44-28-26-43(27-29-44)54(45-24-20-37-12-4-6-14-40(37)34-45)46-25-21-38-13-5-7-15-41(38)35-46/h1-35H. The van der Waals surface area contributed by atoms with Crippen LogP contribution in [0.3, 0.4) is 0 Å². The molecule has 0 amide bonds. The molecule has 0 aliphatic heterocycles. The highest BCUT2D eigenvalue weighted by molar-refractivity contribution is 6.18. The molecule has 2 aromatic heterocycles. The molecule has 11 rings (SSSR count). The van der Waals surface area contributed by atoms with Crippen molar-refractivity contribution in [1.82, 2.24) is 9.13 Å². The van der Waals surface area contributed by atoms with Crippen LogP contribution in [0.4, 0.5) is 17.1 Å². The third-order valence-corrected chi connectivity index (χ3v) is 11.1. The van der Waals surface area contributed by atoms with Gasteiger partial charge in [0.05, 0.1) is 16.6 Å². The summed E-state index contributed by atoms with van der Waals surface area (Å²) in [6.07, 6.45) is 2.21. The summed E-state index contributed by atoms with van der Waals surface area (Å²) in [6.45, 7) is 0. The van der Waals surface area contributed by atoms with Crippen LogP contribution >= 0.6 is 0 Å². The maximum Gasteiger partial charge on any atom is 0.0635 e. The molecule has 3 heteroatoms. The van der Waals surface area contributed by atoms with Crippen molar-refractivity contribution in [3.63, 3.8) is 0 Å². The van der Waals surface area contributed by atoms with E-state index in [-0.39, 0.29) is 0 Å². The second kappa shape index (κ2) is 12.6. The monoisotopic (exact) mass is 701 g/mol. The normalized spacial score (nSPS) is 11.6. The molecule has 55 heavy (non-hydrogen) atoms. The topological polar surface area (TPSA) is 13.1 Å². The largest absolute Gasteiger partial charge is 0.316 e. The van der Waals surface area contributed by atoms with Crippen LogP contribution in [0.15, 0.2) is 212 Å². The van der Waals surface area contributed by atoms with Gasteiger partial charge in [-0.15, -0.1) is 0 Å². The van der Waals surface area contributed by atoms with E-state index in [4.69, 9.17) is 0 Å². The Kier molecular flexibility index (Phi) is 7.17. The van der Waals surface area contributed by atoms with Crippen LogP contribution < -0.4 is 4.90 Å². The fourth-order valence-corrected chi connectivity index (χ4v) is 8.44. The number of rotatable bonds is 6. The highest BCUT2D eigenvalue weighted by Gasteiger charge is 2.19. The number of anilines is 3. The first-order chi connectivity index (χ1) is 27.3. The number of hydrogen-bond acceptors (Lipinski definition) is 1. The zero-order valence-corrected chi connectivity index (χ0v) is 30.0. The maximum absolute atomic E-state index is 2.44. The van der Waals surface area contributed by atoms with Crippen molar-refractivity contribution in [2.45, 2.75) is 0 Å². The molecule has 3 nitrogen and oxygen atoms in total. The number of benzene rings is 9. The van der Waals surface area contributed by atoms with Gasteiger partial charge < -0.3 is 14.0 Å². The van der Waals surface area contributed by atoms with Gasteiger partial charge in [-0.1, -0.05) is 127 Å². The summed E-state index contributed by atoms with van der Waals surface area (Å²) in [5.74, 6) is 0. The molecular formula is C52H35N3. The summed E-state index contributed by atoms with van der Waals surface area (Å²) >= 11 is 0. The molecule has 9 aromatic carbocycles. The molecule has 2 heterocycles. The Labute approximate surface area is 319 Å². The average Bonchev–Trinajstić information content (AvgIpc) is 3.84. The third-order valence-electron chi connectivity index (χ3n) is 11.1. The van der Waals surface area contributed by atoms with E-state index in [0.717, 1.165) is 28.4 Å². The van der Waals surface area contributed by atoms with Crippen molar-refractivity contribution in [2.24, 2.45) is 0 Å². The zero-order chi connectivity index (χ0) is 36.3. The first kappa shape index (κ1) is 31.2. The van der Waals surface area contributed by atoms with E-state index in [1.807, 2.05) is 0 Å². The van der Waals surface area contributed by atoms with Gasteiger partial charge in [0.1, 0.15) is 0 Å².